The van der Waals surface area contributed by atoms with Gasteiger partial charge in [0.15, 0.2) is 5.13 Å². The van der Waals surface area contributed by atoms with Crippen LogP contribution in [0.2, 0.25) is 0 Å². The van der Waals surface area contributed by atoms with Gasteiger partial charge in [-0.2, -0.15) is 0 Å². The van der Waals surface area contributed by atoms with Crippen molar-refractivity contribution in [3.05, 3.63) is 83.4 Å². The van der Waals surface area contributed by atoms with Crippen molar-refractivity contribution in [2.24, 2.45) is 0 Å². The van der Waals surface area contributed by atoms with Crippen LogP contribution in [0, 0.1) is 13.8 Å². The lowest BCUT2D eigenvalue weighted by molar-refractivity contribution is 0.0917. The number of rotatable bonds is 7. The Morgan fingerprint density at radius 2 is 1.81 bits per heavy atom. The molecule has 1 aliphatic heterocycles. The lowest BCUT2D eigenvalue weighted by Crippen LogP contribution is -2.37. The fraction of sp³-hybridized carbons (Fsp3) is 0.286. The van der Waals surface area contributed by atoms with Gasteiger partial charge in [0, 0.05) is 19.2 Å². The lowest BCUT2D eigenvalue weighted by Gasteiger charge is -2.23. The number of hydrogen-bond acceptors (Lipinski definition) is 6. The molecule has 0 saturated carbocycles. The van der Waals surface area contributed by atoms with E-state index in [0.29, 0.717) is 29.5 Å². The summed E-state index contributed by atoms with van der Waals surface area (Å²) in [5.41, 5.74) is 4.07. The third-order valence-electron chi connectivity index (χ3n) is 6.57. The van der Waals surface area contributed by atoms with Gasteiger partial charge in [-0.3, -0.25) is 14.0 Å². The minimum absolute atomic E-state index is 0.0574. The second-order valence-corrected chi connectivity index (χ2v) is 12.3. The van der Waals surface area contributed by atoms with Gasteiger partial charge in [-0.25, -0.2) is 13.4 Å². The van der Waals surface area contributed by atoms with Crippen molar-refractivity contribution in [2.75, 3.05) is 29.4 Å². The van der Waals surface area contributed by atoms with Crippen LogP contribution in [0.4, 0.5) is 10.8 Å². The smallest absolute Gasteiger partial charge is 0.264 e. The number of para-hydroxylation sites is 1. The van der Waals surface area contributed by atoms with Crippen molar-refractivity contribution in [1.29, 1.82) is 0 Å². The Morgan fingerprint density at radius 3 is 2.49 bits per heavy atom. The van der Waals surface area contributed by atoms with Crippen LogP contribution in [0.5, 0.6) is 0 Å². The number of ether oxygens (including phenoxy) is 1. The first-order chi connectivity index (χ1) is 17.7. The van der Waals surface area contributed by atoms with Gasteiger partial charge < -0.3 is 4.74 Å². The number of aryl methyl sites for hydroxylation is 2. The van der Waals surface area contributed by atoms with E-state index in [2.05, 4.69) is 13.0 Å². The molecule has 0 radical (unpaired) electrons. The quantitative estimate of drug-likeness (QED) is 0.309. The maximum atomic E-state index is 13.8. The number of carbonyl (C=O) groups is 1. The number of benzene rings is 3. The van der Waals surface area contributed by atoms with Crippen LogP contribution in [0.1, 0.15) is 34.3 Å². The van der Waals surface area contributed by atoms with Gasteiger partial charge in [0.05, 0.1) is 33.4 Å². The topological polar surface area (TPSA) is 79.8 Å². The molecular weight excluding hydrogens is 506 g/mol. The van der Waals surface area contributed by atoms with Gasteiger partial charge in [0.2, 0.25) is 0 Å². The van der Waals surface area contributed by atoms with Crippen molar-refractivity contribution in [2.45, 2.75) is 37.7 Å². The number of anilines is 2. The molecule has 1 fully saturated rings. The first-order valence-corrected chi connectivity index (χ1v) is 14.4. The largest absolute Gasteiger partial charge is 0.376 e. The minimum Gasteiger partial charge on any atom is -0.376 e. The molecule has 3 aromatic carbocycles. The molecule has 0 aliphatic carbocycles. The molecule has 1 saturated heterocycles. The van der Waals surface area contributed by atoms with Crippen molar-refractivity contribution < 1.29 is 17.9 Å². The summed E-state index contributed by atoms with van der Waals surface area (Å²) in [6, 6.07) is 19.1. The van der Waals surface area contributed by atoms with E-state index < -0.39 is 10.0 Å². The van der Waals surface area contributed by atoms with Crippen molar-refractivity contribution in [3.8, 4) is 0 Å². The summed E-state index contributed by atoms with van der Waals surface area (Å²) in [5.74, 6) is -0.232. The Kier molecular flexibility index (Phi) is 7.02. The van der Waals surface area contributed by atoms with E-state index in [9.17, 15) is 13.2 Å². The van der Waals surface area contributed by atoms with E-state index in [1.165, 1.54) is 34.8 Å². The molecule has 5 rings (SSSR count). The Balaban J connectivity index is 1.46. The van der Waals surface area contributed by atoms with Crippen molar-refractivity contribution >= 4 is 48.3 Å². The monoisotopic (exact) mass is 535 g/mol. The van der Waals surface area contributed by atoms with E-state index in [1.807, 2.05) is 19.1 Å². The molecule has 4 aromatic rings. The van der Waals surface area contributed by atoms with Gasteiger partial charge >= 0.3 is 0 Å². The van der Waals surface area contributed by atoms with E-state index in [-0.39, 0.29) is 16.9 Å². The van der Waals surface area contributed by atoms with Crippen LogP contribution in [0.15, 0.2) is 71.6 Å². The molecule has 9 heteroatoms. The molecule has 37 heavy (non-hydrogen) atoms. The molecular formula is C28H29N3O4S2. The fourth-order valence-electron chi connectivity index (χ4n) is 4.58. The number of aromatic nitrogens is 1. The Labute approximate surface area is 221 Å². The van der Waals surface area contributed by atoms with Crippen molar-refractivity contribution in [3.63, 3.8) is 0 Å². The summed E-state index contributed by atoms with van der Waals surface area (Å²) < 4.78 is 34.5. The highest BCUT2D eigenvalue weighted by Crippen LogP contribution is 2.34. The van der Waals surface area contributed by atoms with Crippen LogP contribution in [-0.4, -0.2) is 45.6 Å². The number of hydrogen-bond donors (Lipinski definition) is 0. The van der Waals surface area contributed by atoms with Crippen LogP contribution < -0.4 is 9.21 Å². The molecule has 0 spiro atoms. The zero-order valence-corrected chi connectivity index (χ0v) is 22.7. The molecule has 1 amide bonds. The molecule has 1 aromatic heterocycles. The van der Waals surface area contributed by atoms with Crippen LogP contribution >= 0.6 is 11.3 Å². The molecule has 2 heterocycles. The summed E-state index contributed by atoms with van der Waals surface area (Å²) in [6.07, 6.45) is 1.79. The van der Waals surface area contributed by atoms with E-state index in [1.54, 1.807) is 41.3 Å². The van der Waals surface area contributed by atoms with Gasteiger partial charge in [-0.05, 0) is 80.3 Å². The Hall–Kier alpha value is -3.27. The van der Waals surface area contributed by atoms with Gasteiger partial charge in [0.25, 0.3) is 15.9 Å². The first kappa shape index (κ1) is 25.4. The van der Waals surface area contributed by atoms with Gasteiger partial charge in [-0.15, -0.1) is 0 Å². The Bertz CT molecular complexity index is 1530. The molecule has 192 valence electrons. The van der Waals surface area contributed by atoms with Crippen LogP contribution in [0.25, 0.3) is 10.2 Å². The molecule has 0 bridgehead atoms. The van der Waals surface area contributed by atoms with Crippen LogP contribution in [-0.2, 0) is 14.8 Å². The molecule has 7 nitrogen and oxygen atoms in total. The molecule has 1 unspecified atom stereocenters. The number of fused-ring (bicyclic) bond motifs is 1. The number of nitrogens with zero attached hydrogens (tertiary/aromatic N) is 3. The summed E-state index contributed by atoms with van der Waals surface area (Å²) in [6.45, 7) is 5.17. The predicted molar refractivity (Wildman–Crippen MR) is 148 cm³/mol. The van der Waals surface area contributed by atoms with Gasteiger partial charge in [-0.1, -0.05) is 35.6 Å². The van der Waals surface area contributed by atoms with Crippen LogP contribution in [0.3, 0.4) is 0 Å². The normalized spacial score (nSPS) is 15.7. The first-order valence-electron chi connectivity index (χ1n) is 12.2. The second kappa shape index (κ2) is 10.2. The average molecular weight is 536 g/mol. The number of thiazole rings is 1. The number of sulfonamides is 1. The summed E-state index contributed by atoms with van der Waals surface area (Å²) >= 11 is 1.49. The second-order valence-electron chi connectivity index (χ2n) is 9.31. The maximum absolute atomic E-state index is 13.8. The van der Waals surface area contributed by atoms with E-state index >= 15 is 0 Å². The Morgan fingerprint density at radius 1 is 1.08 bits per heavy atom. The standard InChI is InChI=1S/C28H29N3O4S2/c1-19-16-20(2)26-25(17-19)29-28(36-26)31(18-23-10-7-15-35-23)27(32)21-11-13-24(14-12-21)37(33,34)30(3)22-8-5-4-6-9-22/h4-6,8-9,11-14,16-17,23H,7,10,15,18H2,1-3H3. The highest BCUT2D eigenvalue weighted by molar-refractivity contribution is 7.92. The van der Waals surface area contributed by atoms with Crippen molar-refractivity contribution in [1.82, 2.24) is 4.98 Å². The third-order valence-corrected chi connectivity index (χ3v) is 9.60. The molecule has 0 N–H and O–H groups in total. The zero-order valence-electron chi connectivity index (χ0n) is 21.0. The summed E-state index contributed by atoms with van der Waals surface area (Å²) in [5, 5.41) is 0.615. The number of carbonyl (C=O) groups excluding carboxylic acids is 1. The van der Waals surface area contributed by atoms with E-state index in [0.717, 1.165) is 34.2 Å². The molecule has 1 atom stereocenters. The summed E-state index contributed by atoms with van der Waals surface area (Å²) in [7, 11) is -2.26. The highest BCUT2D eigenvalue weighted by Gasteiger charge is 2.28. The predicted octanol–water partition coefficient (Wildman–Crippen LogP) is 5.56. The zero-order chi connectivity index (χ0) is 26.2. The number of amides is 1. The van der Waals surface area contributed by atoms with E-state index in [4.69, 9.17) is 9.72 Å². The van der Waals surface area contributed by atoms with Gasteiger partial charge in [0.1, 0.15) is 0 Å². The third kappa shape index (κ3) is 5.12. The SMILES string of the molecule is Cc1cc(C)c2sc(N(CC3CCCO3)C(=O)c3ccc(S(=O)(=O)N(C)c4ccccc4)cc3)nc2c1. The summed E-state index contributed by atoms with van der Waals surface area (Å²) in [4.78, 5) is 20.4. The minimum atomic E-state index is -3.77. The fourth-order valence-corrected chi connectivity index (χ4v) is 6.80. The lowest BCUT2D eigenvalue weighted by atomic mass is 10.1. The highest BCUT2D eigenvalue weighted by atomic mass is 32.2. The average Bonchev–Trinajstić information content (AvgIpc) is 3.57. The maximum Gasteiger partial charge on any atom is 0.264 e. The molecule has 1 aliphatic rings.